The first-order valence-corrected chi connectivity index (χ1v) is 10.1. The van der Waals surface area contributed by atoms with Crippen LogP contribution in [0.15, 0.2) is 6.07 Å². The van der Waals surface area contributed by atoms with Crippen LogP contribution >= 0.6 is 22.6 Å². The molecule has 23 heavy (non-hydrogen) atoms. The van der Waals surface area contributed by atoms with Crippen LogP contribution in [-0.2, 0) is 17.8 Å². The van der Waals surface area contributed by atoms with Gasteiger partial charge in [-0.2, -0.15) is 0 Å². The molecule has 0 saturated carbocycles. The van der Waals surface area contributed by atoms with Crippen molar-refractivity contribution in [3.63, 3.8) is 0 Å². The highest BCUT2D eigenvalue weighted by molar-refractivity contribution is 14.1. The molecule has 0 bridgehead atoms. The highest BCUT2D eigenvalue weighted by Gasteiger charge is 2.40. The van der Waals surface area contributed by atoms with Crippen LogP contribution in [-0.4, -0.2) is 19.3 Å². The summed E-state index contributed by atoms with van der Waals surface area (Å²) in [5.74, 6) is -1.36. The fourth-order valence-corrected chi connectivity index (χ4v) is 3.64. The molecule has 7 heteroatoms. The molecule has 0 fully saturated rings. The maximum Gasteiger partial charge on any atom is 0.165 e. The van der Waals surface area contributed by atoms with Crippen molar-refractivity contribution in [2.75, 3.05) is 4.43 Å². The maximum atomic E-state index is 14.1. The number of rotatable bonds is 4. The Bertz CT molecular complexity index is 609. The van der Waals surface area contributed by atoms with Crippen LogP contribution in [0, 0.1) is 11.6 Å². The molecule has 1 aromatic rings. The number of hydrogen-bond donors (Lipinski definition) is 1. The van der Waals surface area contributed by atoms with Gasteiger partial charge in [-0.25, -0.2) is 8.78 Å². The van der Waals surface area contributed by atoms with Gasteiger partial charge in [-0.3, -0.25) is 0 Å². The van der Waals surface area contributed by atoms with E-state index in [0.717, 1.165) is 6.07 Å². The molecule has 0 saturated heterocycles. The molecule has 0 aromatic heterocycles. The molecule has 1 aliphatic heterocycles. The van der Waals surface area contributed by atoms with Crippen molar-refractivity contribution in [3.8, 4) is 5.75 Å². The number of halogens is 3. The van der Waals surface area contributed by atoms with Crippen LogP contribution < -0.4 is 9.46 Å². The highest BCUT2D eigenvalue weighted by atomic mass is 127. The minimum Gasteiger partial charge on any atom is -0.598 e. The Morgan fingerprint density at radius 2 is 2.09 bits per heavy atom. The summed E-state index contributed by atoms with van der Waals surface area (Å²) in [7, 11) is 0. The summed E-state index contributed by atoms with van der Waals surface area (Å²) in [6.07, 6.45) is 0.330. The predicted octanol–water partition coefficient (Wildman–Crippen LogP) is 4.21. The summed E-state index contributed by atoms with van der Waals surface area (Å²) in [5.41, 5.74) is 0.231. The summed E-state index contributed by atoms with van der Waals surface area (Å²) < 4.78 is 49.5. The number of alkyl halides is 1. The van der Waals surface area contributed by atoms with Crippen LogP contribution in [0.25, 0.3) is 0 Å². The molecule has 1 aliphatic rings. The van der Waals surface area contributed by atoms with E-state index in [1.165, 1.54) is 0 Å². The molecule has 130 valence electrons. The van der Waals surface area contributed by atoms with Crippen LogP contribution in [0.3, 0.4) is 0 Å². The summed E-state index contributed by atoms with van der Waals surface area (Å²) in [4.78, 5) is 0. The van der Waals surface area contributed by atoms with Gasteiger partial charge >= 0.3 is 0 Å². The smallest absolute Gasteiger partial charge is 0.165 e. The lowest BCUT2D eigenvalue weighted by Gasteiger charge is -2.27. The first-order valence-electron chi connectivity index (χ1n) is 7.42. The van der Waals surface area contributed by atoms with Gasteiger partial charge in [0.15, 0.2) is 11.6 Å². The number of fused-ring (bicyclic) bond motifs is 1. The SMILES string of the molecule is CC(N[S@+]([O-])C(C)(C)C)c1cc(F)c(F)c2c1OC(C)(CI)C2. The molecule has 1 heterocycles. The van der Waals surface area contributed by atoms with Gasteiger partial charge in [0.25, 0.3) is 0 Å². The van der Waals surface area contributed by atoms with E-state index in [4.69, 9.17) is 4.74 Å². The van der Waals surface area contributed by atoms with E-state index >= 15 is 0 Å². The summed E-state index contributed by atoms with van der Waals surface area (Å²) >= 11 is 0.858. The minimum absolute atomic E-state index is 0.273. The third-order valence-corrected chi connectivity index (χ3v) is 7.08. The van der Waals surface area contributed by atoms with Crippen LogP contribution in [0.4, 0.5) is 8.78 Å². The van der Waals surface area contributed by atoms with Gasteiger partial charge in [0.05, 0.1) is 6.04 Å². The van der Waals surface area contributed by atoms with Crippen molar-refractivity contribution in [2.24, 2.45) is 0 Å². The van der Waals surface area contributed by atoms with Crippen molar-refractivity contribution in [1.82, 2.24) is 4.72 Å². The molecule has 2 rings (SSSR count). The second-order valence-electron chi connectivity index (χ2n) is 7.15. The topological polar surface area (TPSA) is 44.3 Å². The summed E-state index contributed by atoms with van der Waals surface area (Å²) in [5, 5.41) is 0. The maximum absolute atomic E-state index is 14.1. The van der Waals surface area contributed by atoms with Gasteiger partial charge < -0.3 is 9.29 Å². The van der Waals surface area contributed by atoms with Crippen LogP contribution in [0.1, 0.15) is 51.8 Å². The summed E-state index contributed by atoms with van der Waals surface area (Å²) in [6, 6.07) is 0.723. The van der Waals surface area contributed by atoms with Crippen molar-refractivity contribution < 1.29 is 18.1 Å². The van der Waals surface area contributed by atoms with Gasteiger partial charge in [-0.1, -0.05) is 22.6 Å². The van der Waals surface area contributed by atoms with Crippen molar-refractivity contribution in [3.05, 3.63) is 28.8 Å². The van der Waals surface area contributed by atoms with Gasteiger partial charge in [-0.05, 0) is 40.7 Å². The van der Waals surface area contributed by atoms with Gasteiger partial charge in [0.1, 0.15) is 16.1 Å². The standard InChI is InChI=1S/C16H22F2INO2S/c1-9(20-23(21)15(2,3)4)10-6-12(17)13(18)11-7-16(5,8-19)22-14(10)11/h6,9,20H,7-8H2,1-5H3/t9?,16?,23-/m1/s1. The Labute approximate surface area is 153 Å². The van der Waals surface area contributed by atoms with Crippen LogP contribution in [0.2, 0.25) is 0 Å². The predicted molar refractivity (Wildman–Crippen MR) is 97.4 cm³/mol. The zero-order valence-corrected chi connectivity index (χ0v) is 16.9. The number of ether oxygens (including phenoxy) is 1. The lowest BCUT2D eigenvalue weighted by atomic mass is 9.98. The van der Waals surface area contributed by atoms with E-state index in [1.807, 2.05) is 27.7 Å². The highest BCUT2D eigenvalue weighted by Crippen LogP contribution is 2.43. The average Bonchev–Trinajstić information content (AvgIpc) is 2.80. The number of benzene rings is 1. The van der Waals surface area contributed by atoms with Crippen molar-refractivity contribution in [2.45, 2.75) is 57.4 Å². The van der Waals surface area contributed by atoms with E-state index in [9.17, 15) is 13.3 Å². The molecule has 0 spiro atoms. The first-order chi connectivity index (χ1) is 10.5. The van der Waals surface area contributed by atoms with Crippen molar-refractivity contribution in [1.29, 1.82) is 0 Å². The Morgan fingerprint density at radius 3 is 2.61 bits per heavy atom. The fraction of sp³-hybridized carbons (Fsp3) is 0.625. The molecule has 1 N–H and O–H groups in total. The molecule has 1 aromatic carbocycles. The molecule has 0 amide bonds. The van der Waals surface area contributed by atoms with E-state index in [1.54, 1.807) is 6.92 Å². The lowest BCUT2D eigenvalue weighted by molar-refractivity contribution is 0.145. The second kappa shape index (κ2) is 6.65. The fourth-order valence-electron chi connectivity index (χ4n) is 2.42. The largest absolute Gasteiger partial charge is 0.598 e. The third kappa shape index (κ3) is 3.93. The molecule has 0 radical (unpaired) electrons. The lowest BCUT2D eigenvalue weighted by Crippen LogP contribution is -2.40. The molecular weight excluding hydrogens is 435 g/mol. The normalized spacial score (nSPS) is 23.3. The Kier molecular flexibility index (Phi) is 5.55. The first kappa shape index (κ1) is 19.2. The van der Waals surface area contributed by atoms with E-state index in [-0.39, 0.29) is 5.56 Å². The molecule has 3 nitrogen and oxygen atoms in total. The molecule has 3 atom stereocenters. The third-order valence-electron chi connectivity index (χ3n) is 3.78. The quantitative estimate of drug-likeness (QED) is 0.419. The summed E-state index contributed by atoms with van der Waals surface area (Å²) in [6.45, 7) is 9.21. The van der Waals surface area contributed by atoms with E-state index < -0.39 is 39.4 Å². The van der Waals surface area contributed by atoms with Gasteiger partial charge in [0.2, 0.25) is 0 Å². The zero-order valence-electron chi connectivity index (χ0n) is 13.9. The minimum atomic E-state index is -1.32. The van der Waals surface area contributed by atoms with Crippen molar-refractivity contribution >= 4 is 34.0 Å². The molecule has 2 unspecified atom stereocenters. The van der Waals surface area contributed by atoms with Gasteiger partial charge in [0, 0.05) is 33.3 Å². The average molecular weight is 457 g/mol. The Hall–Kier alpha value is -0.120. The molecule has 0 aliphatic carbocycles. The monoisotopic (exact) mass is 457 g/mol. The second-order valence-corrected chi connectivity index (χ2v) is 9.91. The zero-order chi connectivity index (χ0) is 17.6. The Morgan fingerprint density at radius 1 is 1.48 bits per heavy atom. The van der Waals surface area contributed by atoms with E-state index in [2.05, 4.69) is 27.3 Å². The van der Waals surface area contributed by atoms with Crippen LogP contribution in [0.5, 0.6) is 5.75 Å². The Balaban J connectivity index is 2.38. The number of hydrogen-bond acceptors (Lipinski definition) is 3. The molecular formula is C16H22F2INO2S. The van der Waals surface area contributed by atoms with Gasteiger partial charge in [-0.15, -0.1) is 4.72 Å². The number of nitrogens with one attached hydrogen (secondary N) is 1. The van der Waals surface area contributed by atoms with E-state index in [0.29, 0.717) is 22.2 Å².